The maximum absolute atomic E-state index is 15.8. The minimum atomic E-state index is -1.03. The van der Waals surface area contributed by atoms with Gasteiger partial charge in [0.05, 0.1) is 24.9 Å². The summed E-state index contributed by atoms with van der Waals surface area (Å²) in [6.07, 6.45) is 5.06. The Labute approximate surface area is 214 Å². The smallest absolute Gasteiger partial charge is 0.216 e. The number of aromatic hydroxyl groups is 1. The Balaban J connectivity index is 1.28. The van der Waals surface area contributed by atoms with Crippen molar-refractivity contribution in [2.24, 2.45) is 0 Å². The van der Waals surface area contributed by atoms with Gasteiger partial charge >= 0.3 is 0 Å². The fraction of sp³-hybridized carbons (Fsp3) is 0.481. The molecule has 3 fully saturated rings. The summed E-state index contributed by atoms with van der Waals surface area (Å²) in [5, 5.41) is 23.0. The Bertz CT molecular complexity index is 1340. The number of rotatable bonds is 6. The number of nitrogens with one attached hydrogen (secondary N) is 1. The molecule has 10 heteroatoms. The van der Waals surface area contributed by atoms with E-state index in [4.69, 9.17) is 4.74 Å². The molecule has 4 heterocycles. The van der Waals surface area contributed by atoms with E-state index >= 15 is 4.39 Å². The molecule has 37 heavy (non-hydrogen) atoms. The van der Waals surface area contributed by atoms with Crippen LogP contribution in [-0.2, 0) is 0 Å². The van der Waals surface area contributed by atoms with E-state index in [0.29, 0.717) is 28.9 Å². The van der Waals surface area contributed by atoms with E-state index in [1.165, 1.54) is 19.2 Å². The normalized spacial score (nSPS) is 28.8. The van der Waals surface area contributed by atoms with Crippen molar-refractivity contribution < 1.29 is 18.6 Å². The Kier molecular flexibility index (Phi) is 5.56. The molecule has 1 saturated carbocycles. The number of hydrogen-bond acceptors (Lipinski definition) is 8. The predicted molar refractivity (Wildman–Crippen MR) is 135 cm³/mol. The molecule has 0 radical (unpaired) electrons. The Hall–Kier alpha value is -3.40. The molecule has 2 bridgehead atoms. The molecule has 2 aromatic heterocycles. The molecule has 2 N–H and O–H groups in total. The average molecular weight is 509 g/mol. The number of halogens is 2. The van der Waals surface area contributed by atoms with Crippen molar-refractivity contribution in [3.8, 4) is 34.1 Å². The summed E-state index contributed by atoms with van der Waals surface area (Å²) in [6, 6.07) is 7.70. The largest absolute Gasteiger partial charge is 0.507 e. The molecule has 3 aromatic rings. The molecule has 0 spiro atoms. The van der Waals surface area contributed by atoms with Crippen molar-refractivity contribution in [2.75, 3.05) is 12.0 Å². The monoisotopic (exact) mass is 508 g/mol. The summed E-state index contributed by atoms with van der Waals surface area (Å²) < 4.78 is 34.7. The van der Waals surface area contributed by atoms with Crippen LogP contribution in [0.4, 0.5) is 14.6 Å². The number of nitrogens with zero attached hydrogens (tertiary/aromatic N) is 5. The van der Waals surface area contributed by atoms with E-state index in [-0.39, 0.29) is 35.1 Å². The van der Waals surface area contributed by atoms with Gasteiger partial charge in [-0.05, 0) is 69.2 Å². The van der Waals surface area contributed by atoms with Crippen molar-refractivity contribution in [1.82, 2.24) is 25.5 Å². The molecule has 1 aliphatic carbocycles. The third-order valence-corrected chi connectivity index (χ3v) is 8.05. The fourth-order valence-electron chi connectivity index (χ4n) is 6.07. The van der Waals surface area contributed by atoms with Crippen LogP contribution in [0.15, 0.2) is 36.5 Å². The zero-order valence-corrected chi connectivity index (χ0v) is 21.1. The van der Waals surface area contributed by atoms with E-state index in [1.807, 2.05) is 6.92 Å². The van der Waals surface area contributed by atoms with Crippen LogP contribution < -0.4 is 15.0 Å². The summed E-state index contributed by atoms with van der Waals surface area (Å²) in [6.45, 7) is 4.16. The second-order valence-electron chi connectivity index (χ2n) is 11.0. The number of hydrogen-bond donors (Lipinski definition) is 2. The number of aromatic nitrogens is 4. The van der Waals surface area contributed by atoms with E-state index in [0.717, 1.165) is 25.7 Å². The molecule has 194 valence electrons. The number of pyridine rings is 1. The van der Waals surface area contributed by atoms with Gasteiger partial charge in [-0.25, -0.2) is 9.37 Å². The topological polar surface area (TPSA) is 96.3 Å². The van der Waals surface area contributed by atoms with Gasteiger partial charge in [0.15, 0.2) is 11.6 Å². The molecular weight excluding hydrogens is 478 g/mol. The van der Waals surface area contributed by atoms with E-state index in [9.17, 15) is 9.50 Å². The van der Waals surface area contributed by atoms with E-state index < -0.39 is 17.7 Å². The maximum Gasteiger partial charge on any atom is 0.216 e. The van der Waals surface area contributed by atoms with Crippen LogP contribution in [0, 0.1) is 5.95 Å². The van der Waals surface area contributed by atoms with Crippen LogP contribution in [0.3, 0.4) is 0 Å². The van der Waals surface area contributed by atoms with Gasteiger partial charge in [-0.3, -0.25) is 0 Å². The summed E-state index contributed by atoms with van der Waals surface area (Å²) >= 11 is 0. The molecule has 0 unspecified atom stereocenters. The lowest BCUT2D eigenvalue weighted by Gasteiger charge is -2.48. The second kappa shape index (κ2) is 8.58. The van der Waals surface area contributed by atoms with Gasteiger partial charge in [-0.2, -0.15) is 9.37 Å². The first kappa shape index (κ1) is 24.0. The van der Waals surface area contributed by atoms with Gasteiger partial charge in [-0.15, -0.1) is 10.2 Å². The molecule has 2 saturated heterocycles. The summed E-state index contributed by atoms with van der Waals surface area (Å²) in [5.74, 6) is 0.205. The molecule has 2 aliphatic heterocycles. The number of alkyl halides is 1. The van der Waals surface area contributed by atoms with Crippen LogP contribution in [0.5, 0.6) is 11.6 Å². The molecule has 4 atom stereocenters. The highest BCUT2D eigenvalue weighted by Gasteiger charge is 2.58. The maximum atomic E-state index is 15.8. The van der Waals surface area contributed by atoms with Gasteiger partial charge in [0, 0.05) is 29.3 Å². The zero-order valence-electron chi connectivity index (χ0n) is 21.1. The minimum absolute atomic E-state index is 0.0677. The number of ether oxygens (including phenoxy) is 1. The SMILES string of the molecule is COc1cc(-c2ccc(-c3ncc(N(C4CC4)[C@H]4C[C@]5(C)CC[C@@](C)(N5)[C@H]4F)nn3)c(O)c2)cc(F)n1. The van der Waals surface area contributed by atoms with Crippen LogP contribution in [0.2, 0.25) is 0 Å². The highest BCUT2D eigenvalue weighted by atomic mass is 19.1. The van der Waals surface area contributed by atoms with Crippen LogP contribution in [0.1, 0.15) is 46.0 Å². The number of fused-ring (bicyclic) bond motifs is 2. The highest BCUT2D eigenvalue weighted by molar-refractivity contribution is 5.73. The van der Waals surface area contributed by atoms with E-state index in [2.05, 4.69) is 37.3 Å². The lowest BCUT2D eigenvalue weighted by atomic mass is 9.82. The van der Waals surface area contributed by atoms with Gasteiger partial charge in [0.1, 0.15) is 11.9 Å². The Morgan fingerprint density at radius 2 is 1.92 bits per heavy atom. The molecular formula is C27H30F2N6O2. The van der Waals surface area contributed by atoms with Crippen LogP contribution >= 0.6 is 0 Å². The summed E-state index contributed by atoms with van der Waals surface area (Å²) in [7, 11) is 1.41. The Morgan fingerprint density at radius 1 is 1.11 bits per heavy atom. The van der Waals surface area contributed by atoms with Gasteiger partial charge in [0.2, 0.25) is 11.8 Å². The van der Waals surface area contributed by atoms with Gasteiger partial charge < -0.3 is 20.1 Å². The first-order chi connectivity index (χ1) is 17.7. The van der Waals surface area contributed by atoms with Crippen molar-refractivity contribution in [1.29, 1.82) is 0 Å². The number of methoxy groups -OCH3 is 1. The standard InChI is InChI=1S/C27H30F2N6O2/c1-26-8-9-27(2,34-26)24(29)19(13-26)35(17-5-6-17)22-14-30-25(33-32-22)18-7-4-15(10-20(18)36)16-11-21(28)31-23(12-16)37-3/h4,7,10-12,14,17,19,24,34,36H,5-6,8-9,13H2,1-3H3/t19-,24-,26-,27+/m0/s1. The molecule has 1 aromatic carbocycles. The predicted octanol–water partition coefficient (Wildman–Crippen LogP) is 4.43. The second-order valence-corrected chi connectivity index (χ2v) is 11.0. The fourth-order valence-corrected chi connectivity index (χ4v) is 6.07. The van der Waals surface area contributed by atoms with Crippen molar-refractivity contribution in [2.45, 2.75) is 75.3 Å². The number of piperidine rings is 1. The minimum Gasteiger partial charge on any atom is -0.507 e. The molecule has 0 amide bonds. The first-order valence-corrected chi connectivity index (χ1v) is 12.6. The number of phenolic OH excluding ortho intramolecular Hbond substituents is 1. The summed E-state index contributed by atoms with van der Waals surface area (Å²) in [5.41, 5.74) is 0.860. The van der Waals surface area contributed by atoms with Crippen LogP contribution in [0.25, 0.3) is 22.5 Å². The Morgan fingerprint density at radius 3 is 2.59 bits per heavy atom. The van der Waals surface area contributed by atoms with E-state index in [1.54, 1.807) is 24.4 Å². The van der Waals surface area contributed by atoms with Crippen molar-refractivity contribution in [3.63, 3.8) is 0 Å². The van der Waals surface area contributed by atoms with Gasteiger partial charge in [0.25, 0.3) is 0 Å². The van der Waals surface area contributed by atoms with Gasteiger partial charge in [-0.1, -0.05) is 6.07 Å². The third kappa shape index (κ3) is 4.27. The first-order valence-electron chi connectivity index (χ1n) is 12.6. The van der Waals surface area contributed by atoms with Crippen molar-refractivity contribution in [3.05, 3.63) is 42.5 Å². The van der Waals surface area contributed by atoms with Crippen LogP contribution in [-0.4, -0.2) is 61.7 Å². The highest BCUT2D eigenvalue weighted by Crippen LogP contribution is 2.47. The lowest BCUT2D eigenvalue weighted by Crippen LogP contribution is -2.66. The number of benzene rings is 1. The summed E-state index contributed by atoms with van der Waals surface area (Å²) in [4.78, 5) is 10.2. The third-order valence-electron chi connectivity index (χ3n) is 8.05. The number of anilines is 1. The molecule has 3 aliphatic rings. The quantitative estimate of drug-likeness (QED) is 0.472. The average Bonchev–Trinajstić information content (AvgIpc) is 3.67. The lowest BCUT2D eigenvalue weighted by molar-refractivity contribution is 0.0831. The molecule has 6 rings (SSSR count). The number of phenols is 1. The molecule has 8 nitrogen and oxygen atoms in total. The van der Waals surface area contributed by atoms with Crippen molar-refractivity contribution >= 4 is 5.82 Å². The zero-order chi connectivity index (χ0) is 25.9.